The monoisotopic (exact) mass is 277 g/mol. The van der Waals surface area contributed by atoms with Gasteiger partial charge in [-0.1, -0.05) is 18.9 Å². The number of nitrogens with zero attached hydrogens (tertiary/aromatic N) is 1. The molecule has 1 atom stereocenters. The Hall–Kier alpha value is -1.75. The van der Waals surface area contributed by atoms with Gasteiger partial charge in [0.25, 0.3) is 0 Å². The number of rotatable bonds is 3. The first-order valence-corrected chi connectivity index (χ1v) is 7.09. The quantitative estimate of drug-likeness (QED) is 0.918. The molecule has 0 amide bonds. The largest absolute Gasteiger partial charge is 0.480 e. The van der Waals surface area contributed by atoms with E-state index in [2.05, 4.69) is 4.90 Å². The lowest BCUT2D eigenvalue weighted by molar-refractivity contribution is -0.143. The minimum atomic E-state index is -0.715. The van der Waals surface area contributed by atoms with Gasteiger partial charge < -0.3 is 14.6 Å². The van der Waals surface area contributed by atoms with Gasteiger partial charge in [0, 0.05) is 6.54 Å². The molecule has 108 valence electrons. The van der Waals surface area contributed by atoms with Gasteiger partial charge in [-0.3, -0.25) is 9.69 Å². The van der Waals surface area contributed by atoms with Crippen molar-refractivity contribution in [3.63, 3.8) is 0 Å². The number of carboxylic acid groups (broad SMARTS) is 1. The molecule has 2 aliphatic heterocycles. The van der Waals surface area contributed by atoms with E-state index in [1.807, 2.05) is 18.2 Å². The lowest BCUT2D eigenvalue weighted by Gasteiger charge is -2.26. The molecule has 2 heterocycles. The molecule has 5 nitrogen and oxygen atoms in total. The molecule has 0 bridgehead atoms. The van der Waals surface area contributed by atoms with E-state index in [1.165, 1.54) is 0 Å². The van der Waals surface area contributed by atoms with Crippen LogP contribution in [0.5, 0.6) is 11.5 Å². The maximum atomic E-state index is 11.4. The molecule has 1 saturated heterocycles. The van der Waals surface area contributed by atoms with Crippen molar-refractivity contribution in [3.8, 4) is 11.5 Å². The minimum absolute atomic E-state index is 0.264. The second kappa shape index (κ2) is 5.71. The number of carboxylic acids is 1. The summed E-state index contributed by atoms with van der Waals surface area (Å²) in [6.07, 6.45) is 3.91. The Morgan fingerprint density at radius 2 is 2.10 bits per heavy atom. The summed E-state index contributed by atoms with van der Waals surface area (Å²) in [5.41, 5.74) is 1.07. The number of likely N-dealkylation sites (tertiary alicyclic amines) is 1. The second-order valence-corrected chi connectivity index (χ2v) is 5.36. The van der Waals surface area contributed by atoms with Crippen LogP contribution in [0.1, 0.15) is 31.2 Å². The first kappa shape index (κ1) is 13.2. The number of carbonyl (C=O) groups is 1. The molecule has 1 N–H and O–H groups in total. The van der Waals surface area contributed by atoms with Crippen LogP contribution in [0.15, 0.2) is 18.2 Å². The molecule has 3 rings (SSSR count). The molecular weight excluding hydrogens is 258 g/mol. The first-order valence-electron chi connectivity index (χ1n) is 7.09. The molecule has 2 aliphatic rings. The number of hydrogen-bond donors (Lipinski definition) is 1. The predicted octanol–water partition coefficient (Wildman–Crippen LogP) is 2.24. The molecular formula is C15H19NO4. The smallest absolute Gasteiger partial charge is 0.320 e. The van der Waals surface area contributed by atoms with E-state index in [0.717, 1.165) is 49.3 Å². The van der Waals surface area contributed by atoms with Gasteiger partial charge in [0.15, 0.2) is 11.5 Å². The Labute approximate surface area is 118 Å². The Morgan fingerprint density at radius 3 is 2.95 bits per heavy atom. The third-order valence-electron chi connectivity index (χ3n) is 3.97. The van der Waals surface area contributed by atoms with Crippen molar-refractivity contribution in [1.82, 2.24) is 4.90 Å². The highest BCUT2D eigenvalue weighted by Crippen LogP contribution is 2.33. The van der Waals surface area contributed by atoms with Crippen molar-refractivity contribution >= 4 is 5.97 Å². The van der Waals surface area contributed by atoms with Gasteiger partial charge in [-0.2, -0.15) is 0 Å². The maximum Gasteiger partial charge on any atom is 0.320 e. The normalized spacial score (nSPS) is 22.5. The van der Waals surface area contributed by atoms with Crippen LogP contribution in [0.2, 0.25) is 0 Å². The Balaban J connectivity index is 1.75. The van der Waals surface area contributed by atoms with Crippen molar-refractivity contribution in [3.05, 3.63) is 23.8 Å². The molecule has 0 radical (unpaired) electrons. The highest BCUT2D eigenvalue weighted by molar-refractivity contribution is 5.73. The summed E-state index contributed by atoms with van der Waals surface area (Å²) in [6, 6.07) is 5.46. The second-order valence-electron chi connectivity index (χ2n) is 5.36. The summed E-state index contributed by atoms with van der Waals surface area (Å²) in [5, 5.41) is 9.38. The Kier molecular flexibility index (Phi) is 3.78. The topological polar surface area (TPSA) is 59.0 Å². The van der Waals surface area contributed by atoms with Crippen LogP contribution in [0, 0.1) is 0 Å². The zero-order valence-corrected chi connectivity index (χ0v) is 11.4. The highest BCUT2D eigenvalue weighted by atomic mass is 16.7. The van der Waals surface area contributed by atoms with E-state index in [4.69, 9.17) is 9.47 Å². The third kappa shape index (κ3) is 2.72. The molecule has 20 heavy (non-hydrogen) atoms. The van der Waals surface area contributed by atoms with Crippen LogP contribution < -0.4 is 9.47 Å². The maximum absolute atomic E-state index is 11.4. The summed E-state index contributed by atoms with van der Waals surface area (Å²) in [4.78, 5) is 13.5. The number of benzene rings is 1. The molecule has 0 aromatic heterocycles. The first-order chi connectivity index (χ1) is 9.74. The van der Waals surface area contributed by atoms with Gasteiger partial charge in [0.1, 0.15) is 6.04 Å². The molecule has 0 spiro atoms. The summed E-state index contributed by atoms with van der Waals surface area (Å²) >= 11 is 0. The van der Waals surface area contributed by atoms with Crippen LogP contribution in [0.3, 0.4) is 0 Å². The molecule has 1 unspecified atom stereocenters. The zero-order chi connectivity index (χ0) is 13.9. The standard InChI is InChI=1S/C15H19NO4/c17-15(18)12-4-2-1-3-7-16(12)9-11-5-6-13-14(8-11)20-10-19-13/h5-6,8,12H,1-4,7,9-10H2,(H,17,18). The van der Waals surface area contributed by atoms with Gasteiger partial charge >= 0.3 is 5.97 Å². The van der Waals surface area contributed by atoms with Crippen molar-refractivity contribution in [1.29, 1.82) is 0 Å². The van der Waals surface area contributed by atoms with Crippen LogP contribution in [0.25, 0.3) is 0 Å². The van der Waals surface area contributed by atoms with Crippen LogP contribution >= 0.6 is 0 Å². The number of aliphatic carboxylic acids is 1. The van der Waals surface area contributed by atoms with Crippen molar-refractivity contribution < 1.29 is 19.4 Å². The van der Waals surface area contributed by atoms with E-state index in [9.17, 15) is 9.90 Å². The van der Waals surface area contributed by atoms with Crippen LogP contribution in [0.4, 0.5) is 0 Å². The summed E-state index contributed by atoms with van der Waals surface area (Å²) in [7, 11) is 0. The lowest BCUT2D eigenvalue weighted by atomic mass is 10.1. The van der Waals surface area contributed by atoms with Gasteiger partial charge in [-0.05, 0) is 37.1 Å². The SMILES string of the molecule is O=C(O)C1CCCCCN1Cc1ccc2c(c1)OCO2. The van der Waals surface area contributed by atoms with Crippen molar-refractivity contribution in [2.75, 3.05) is 13.3 Å². The Morgan fingerprint density at radius 1 is 1.25 bits per heavy atom. The minimum Gasteiger partial charge on any atom is -0.480 e. The summed E-state index contributed by atoms with van der Waals surface area (Å²) in [5.74, 6) is 0.802. The van der Waals surface area contributed by atoms with Gasteiger partial charge in [-0.25, -0.2) is 0 Å². The average molecular weight is 277 g/mol. The number of fused-ring (bicyclic) bond motifs is 1. The van der Waals surface area contributed by atoms with Crippen LogP contribution in [-0.4, -0.2) is 35.4 Å². The van der Waals surface area contributed by atoms with Crippen LogP contribution in [-0.2, 0) is 11.3 Å². The fourth-order valence-corrected chi connectivity index (χ4v) is 2.91. The van der Waals surface area contributed by atoms with Gasteiger partial charge in [0.05, 0.1) is 0 Å². The van der Waals surface area contributed by atoms with E-state index < -0.39 is 5.97 Å². The summed E-state index contributed by atoms with van der Waals surface area (Å²) in [6.45, 7) is 1.75. The molecule has 1 aromatic rings. The predicted molar refractivity (Wildman–Crippen MR) is 72.9 cm³/mol. The third-order valence-corrected chi connectivity index (χ3v) is 3.97. The average Bonchev–Trinajstić information content (AvgIpc) is 2.76. The van der Waals surface area contributed by atoms with Crippen molar-refractivity contribution in [2.45, 2.75) is 38.3 Å². The van der Waals surface area contributed by atoms with Crippen molar-refractivity contribution in [2.24, 2.45) is 0 Å². The van der Waals surface area contributed by atoms with E-state index in [0.29, 0.717) is 6.54 Å². The summed E-state index contributed by atoms with van der Waals surface area (Å²) < 4.78 is 10.7. The molecule has 1 fully saturated rings. The fourth-order valence-electron chi connectivity index (χ4n) is 2.91. The molecule has 1 aromatic carbocycles. The molecule has 0 aliphatic carbocycles. The van der Waals surface area contributed by atoms with E-state index >= 15 is 0 Å². The molecule has 5 heteroatoms. The Bertz CT molecular complexity index is 503. The highest BCUT2D eigenvalue weighted by Gasteiger charge is 2.27. The van der Waals surface area contributed by atoms with Gasteiger partial charge in [0.2, 0.25) is 6.79 Å². The van der Waals surface area contributed by atoms with Gasteiger partial charge in [-0.15, -0.1) is 0 Å². The number of hydrogen-bond acceptors (Lipinski definition) is 4. The fraction of sp³-hybridized carbons (Fsp3) is 0.533. The molecule has 0 saturated carbocycles. The van der Waals surface area contributed by atoms with E-state index in [-0.39, 0.29) is 12.8 Å². The van der Waals surface area contributed by atoms with E-state index in [1.54, 1.807) is 0 Å². The number of ether oxygens (including phenoxy) is 2. The zero-order valence-electron chi connectivity index (χ0n) is 11.4. The lowest BCUT2D eigenvalue weighted by Crippen LogP contribution is -2.40.